The molecule has 0 saturated carbocycles. The van der Waals surface area contributed by atoms with E-state index in [9.17, 15) is 4.79 Å². The first-order chi connectivity index (χ1) is 9.61. The first kappa shape index (κ1) is 14.1. The van der Waals surface area contributed by atoms with Crippen molar-refractivity contribution in [1.29, 1.82) is 5.26 Å². The van der Waals surface area contributed by atoms with Gasteiger partial charge >= 0.3 is 5.97 Å². The molecule has 2 N–H and O–H groups in total. The van der Waals surface area contributed by atoms with Gasteiger partial charge in [-0.05, 0) is 45.8 Å². The second kappa shape index (κ2) is 6.22. The predicted molar refractivity (Wildman–Crippen MR) is 78.8 cm³/mol. The fraction of sp³-hybridized carbons (Fsp3) is 0.0667. The number of anilines is 1. The van der Waals surface area contributed by atoms with Crippen molar-refractivity contribution in [2.24, 2.45) is 0 Å². The van der Waals surface area contributed by atoms with Crippen LogP contribution in [0.25, 0.3) is 0 Å². The van der Waals surface area contributed by atoms with Crippen LogP contribution in [0, 0.1) is 11.3 Å². The first-order valence-electron chi connectivity index (χ1n) is 5.82. The van der Waals surface area contributed by atoms with E-state index < -0.39 is 5.97 Å². The Balaban J connectivity index is 2.09. The second-order valence-electron chi connectivity index (χ2n) is 4.10. The molecule has 2 aromatic rings. The lowest BCUT2D eigenvalue weighted by atomic mass is 10.1. The molecule has 0 aliphatic rings. The van der Waals surface area contributed by atoms with Crippen molar-refractivity contribution >= 4 is 27.6 Å². The molecule has 0 bridgehead atoms. The van der Waals surface area contributed by atoms with E-state index in [1.54, 1.807) is 42.5 Å². The van der Waals surface area contributed by atoms with E-state index in [2.05, 4.69) is 15.9 Å². The van der Waals surface area contributed by atoms with Gasteiger partial charge in [0, 0.05) is 5.69 Å². The van der Waals surface area contributed by atoms with Gasteiger partial charge in [0.05, 0.1) is 21.7 Å². The molecule has 0 saturated heterocycles. The van der Waals surface area contributed by atoms with Gasteiger partial charge in [0.2, 0.25) is 0 Å². The SMILES string of the molecule is N#Cc1cccc(COC(=O)c2cccc(N)c2Br)c1. The number of rotatable bonds is 3. The van der Waals surface area contributed by atoms with Crippen LogP contribution in [0.2, 0.25) is 0 Å². The van der Waals surface area contributed by atoms with E-state index in [1.165, 1.54) is 0 Å². The summed E-state index contributed by atoms with van der Waals surface area (Å²) in [4.78, 5) is 12.0. The van der Waals surface area contributed by atoms with Gasteiger partial charge in [0.1, 0.15) is 6.61 Å². The Morgan fingerprint density at radius 2 is 2.05 bits per heavy atom. The molecule has 0 aliphatic carbocycles. The summed E-state index contributed by atoms with van der Waals surface area (Å²) in [6, 6.07) is 14.0. The molecular formula is C15H11BrN2O2. The minimum atomic E-state index is -0.466. The summed E-state index contributed by atoms with van der Waals surface area (Å²) in [6.45, 7) is 0.107. The molecule has 100 valence electrons. The standard InChI is InChI=1S/C15H11BrN2O2/c16-14-12(5-2-6-13(14)18)15(19)20-9-11-4-1-3-10(7-11)8-17/h1-7H,9,18H2. The van der Waals surface area contributed by atoms with Crippen LogP contribution in [0.15, 0.2) is 46.9 Å². The number of esters is 1. The Morgan fingerprint density at radius 1 is 1.30 bits per heavy atom. The number of halogens is 1. The molecule has 4 nitrogen and oxygen atoms in total. The highest BCUT2D eigenvalue weighted by molar-refractivity contribution is 9.10. The summed E-state index contributed by atoms with van der Waals surface area (Å²) in [5.74, 6) is -0.466. The molecule has 0 atom stereocenters. The van der Waals surface area contributed by atoms with Crippen molar-refractivity contribution in [2.75, 3.05) is 5.73 Å². The van der Waals surface area contributed by atoms with Gasteiger partial charge in [0.15, 0.2) is 0 Å². The van der Waals surface area contributed by atoms with Crippen molar-refractivity contribution in [2.45, 2.75) is 6.61 Å². The number of hydrogen-bond donors (Lipinski definition) is 1. The van der Waals surface area contributed by atoms with Gasteiger partial charge in [-0.15, -0.1) is 0 Å². The number of carbonyl (C=O) groups is 1. The summed E-state index contributed by atoms with van der Waals surface area (Å²) in [5.41, 5.74) is 7.86. The smallest absolute Gasteiger partial charge is 0.339 e. The second-order valence-corrected chi connectivity index (χ2v) is 4.89. The van der Waals surface area contributed by atoms with Gasteiger partial charge < -0.3 is 10.5 Å². The maximum Gasteiger partial charge on any atom is 0.339 e. The summed E-state index contributed by atoms with van der Waals surface area (Å²) in [5, 5.41) is 8.81. The van der Waals surface area contributed by atoms with Crippen molar-refractivity contribution in [3.63, 3.8) is 0 Å². The first-order valence-corrected chi connectivity index (χ1v) is 6.61. The zero-order chi connectivity index (χ0) is 14.5. The minimum Gasteiger partial charge on any atom is -0.457 e. The molecule has 0 radical (unpaired) electrons. The van der Waals surface area contributed by atoms with Crippen LogP contribution < -0.4 is 5.73 Å². The molecule has 0 heterocycles. The number of nitrogens with zero attached hydrogens (tertiary/aromatic N) is 1. The molecule has 0 aliphatic heterocycles. The zero-order valence-corrected chi connectivity index (χ0v) is 12.1. The van der Waals surface area contributed by atoms with Crippen LogP contribution >= 0.6 is 15.9 Å². The van der Waals surface area contributed by atoms with E-state index in [-0.39, 0.29) is 6.61 Å². The highest BCUT2D eigenvalue weighted by Gasteiger charge is 2.13. The molecule has 2 rings (SSSR count). The molecule has 5 heteroatoms. The largest absolute Gasteiger partial charge is 0.457 e. The maximum absolute atomic E-state index is 12.0. The van der Waals surface area contributed by atoms with E-state index in [0.29, 0.717) is 21.3 Å². The zero-order valence-electron chi connectivity index (χ0n) is 10.5. The van der Waals surface area contributed by atoms with Crippen LogP contribution in [0.1, 0.15) is 21.5 Å². The number of carbonyl (C=O) groups excluding carboxylic acids is 1. The third kappa shape index (κ3) is 3.16. The maximum atomic E-state index is 12.0. The average molecular weight is 331 g/mol. The number of benzene rings is 2. The lowest BCUT2D eigenvalue weighted by Gasteiger charge is -2.08. The highest BCUT2D eigenvalue weighted by atomic mass is 79.9. The van der Waals surface area contributed by atoms with Crippen molar-refractivity contribution in [3.05, 3.63) is 63.6 Å². The third-order valence-corrected chi connectivity index (χ3v) is 3.56. The van der Waals surface area contributed by atoms with Gasteiger partial charge in [-0.3, -0.25) is 0 Å². The monoisotopic (exact) mass is 330 g/mol. The van der Waals surface area contributed by atoms with E-state index in [4.69, 9.17) is 15.7 Å². The number of nitrogens with two attached hydrogens (primary N) is 1. The van der Waals surface area contributed by atoms with Crippen molar-refractivity contribution in [1.82, 2.24) is 0 Å². The van der Waals surface area contributed by atoms with Crippen LogP contribution in [0.3, 0.4) is 0 Å². The van der Waals surface area contributed by atoms with E-state index >= 15 is 0 Å². The fourth-order valence-electron chi connectivity index (χ4n) is 1.66. The molecule has 0 amide bonds. The predicted octanol–water partition coefficient (Wildman–Crippen LogP) is 3.26. The summed E-state index contributed by atoms with van der Waals surface area (Å²) >= 11 is 3.26. The number of ether oxygens (including phenoxy) is 1. The molecule has 0 fully saturated rings. The molecule has 20 heavy (non-hydrogen) atoms. The van der Waals surface area contributed by atoms with Crippen LogP contribution in [-0.2, 0) is 11.3 Å². The average Bonchev–Trinajstić information content (AvgIpc) is 2.48. The van der Waals surface area contributed by atoms with E-state index in [1.807, 2.05) is 6.07 Å². The molecule has 0 aromatic heterocycles. The summed E-state index contributed by atoms with van der Waals surface area (Å²) in [6.07, 6.45) is 0. The topological polar surface area (TPSA) is 76.1 Å². The van der Waals surface area contributed by atoms with Gasteiger partial charge in [-0.1, -0.05) is 18.2 Å². The van der Waals surface area contributed by atoms with E-state index in [0.717, 1.165) is 5.56 Å². The highest BCUT2D eigenvalue weighted by Crippen LogP contribution is 2.24. The number of hydrogen-bond acceptors (Lipinski definition) is 4. The lowest BCUT2D eigenvalue weighted by molar-refractivity contribution is 0.0471. The lowest BCUT2D eigenvalue weighted by Crippen LogP contribution is -2.07. The van der Waals surface area contributed by atoms with Crippen LogP contribution in [0.4, 0.5) is 5.69 Å². The quantitative estimate of drug-likeness (QED) is 0.692. The van der Waals surface area contributed by atoms with Gasteiger partial charge in [-0.25, -0.2) is 4.79 Å². The Kier molecular flexibility index (Phi) is 4.38. The number of nitrogen functional groups attached to an aromatic ring is 1. The van der Waals surface area contributed by atoms with Crippen molar-refractivity contribution < 1.29 is 9.53 Å². The summed E-state index contributed by atoms with van der Waals surface area (Å²) < 4.78 is 5.74. The molecule has 2 aromatic carbocycles. The Morgan fingerprint density at radius 3 is 2.80 bits per heavy atom. The Labute approximate surface area is 124 Å². The summed E-state index contributed by atoms with van der Waals surface area (Å²) in [7, 11) is 0. The van der Waals surface area contributed by atoms with Gasteiger partial charge in [-0.2, -0.15) is 5.26 Å². The molecular weight excluding hydrogens is 320 g/mol. The van der Waals surface area contributed by atoms with Crippen LogP contribution in [0.5, 0.6) is 0 Å². The molecule has 0 unspecified atom stereocenters. The molecule has 0 spiro atoms. The third-order valence-electron chi connectivity index (χ3n) is 2.67. The Bertz CT molecular complexity index is 693. The number of nitriles is 1. The normalized spacial score (nSPS) is 9.80. The fourth-order valence-corrected chi connectivity index (χ4v) is 2.09. The Hall–Kier alpha value is -2.32. The minimum absolute atomic E-state index is 0.107. The van der Waals surface area contributed by atoms with Crippen molar-refractivity contribution in [3.8, 4) is 6.07 Å². The van der Waals surface area contributed by atoms with Crippen LogP contribution in [-0.4, -0.2) is 5.97 Å². The van der Waals surface area contributed by atoms with Gasteiger partial charge in [0.25, 0.3) is 0 Å².